The Morgan fingerprint density at radius 1 is 0.128 bits per heavy atom. The van der Waals surface area contributed by atoms with Crippen molar-refractivity contribution < 1.29 is 303 Å². The summed E-state index contributed by atoms with van der Waals surface area (Å²) >= 11 is 0. The van der Waals surface area contributed by atoms with Crippen LogP contribution in [0.3, 0.4) is 0 Å². The fraction of sp³-hybridized carbons (Fsp3) is 1.00. The van der Waals surface area contributed by atoms with Crippen LogP contribution in [0.5, 0.6) is 0 Å². The summed E-state index contributed by atoms with van der Waals surface area (Å²) in [7, 11) is 0. The summed E-state index contributed by atoms with van der Waals surface area (Å²) in [6.45, 7) is -13.1. The first kappa shape index (κ1) is 109. The molecular weight excluding hydrogens is 1840 g/mol. The minimum atomic E-state index is -2.48. The zero-order valence-electron chi connectivity index (χ0n) is 69.5. The second kappa shape index (κ2) is 47.4. The van der Waals surface area contributed by atoms with Crippen molar-refractivity contribution in [3.63, 3.8) is 0 Å². The Labute approximate surface area is 748 Å². The van der Waals surface area contributed by atoms with E-state index in [0.717, 1.165) is 0 Å². The van der Waals surface area contributed by atoms with Crippen LogP contribution in [-0.2, 0) is 109 Å². The minimum absolute atomic E-state index is 0.887. The largest absolute Gasteiger partial charge is 0.394 e. The smallest absolute Gasteiger partial charge is 0.187 e. The van der Waals surface area contributed by atoms with E-state index in [0.29, 0.717) is 0 Å². The van der Waals surface area contributed by atoms with Gasteiger partial charge in [-0.1, -0.05) is 0 Å². The molecule has 61 heteroatoms. The molecule has 38 N–H and O–H groups in total. The summed E-state index contributed by atoms with van der Waals surface area (Å²) in [6.07, 6.45) is -125. The fourth-order valence-electron chi connectivity index (χ4n) is 17.3. The molecule has 0 aliphatic carbocycles. The van der Waals surface area contributed by atoms with Gasteiger partial charge in [-0.25, -0.2) is 0 Å². The maximum absolute atomic E-state index is 12.0. The van der Waals surface area contributed by atoms with Gasteiger partial charge in [-0.2, -0.15) is 0 Å². The van der Waals surface area contributed by atoms with Crippen LogP contribution in [0.25, 0.3) is 0 Å². The van der Waals surface area contributed by atoms with E-state index in [1.54, 1.807) is 0 Å². The van der Waals surface area contributed by atoms with E-state index >= 15 is 0 Å². The van der Waals surface area contributed by atoms with Crippen molar-refractivity contribution in [3.8, 4) is 0 Å². The van der Waals surface area contributed by atoms with Crippen LogP contribution in [-0.4, -0.2) is 642 Å². The number of hydrogen-bond acceptors (Lipinski definition) is 61. The number of hydrogen-bond donors (Lipinski definition) is 38. The molecule has 0 spiro atoms. The highest BCUT2D eigenvalue weighted by molar-refractivity contribution is 5.05. The summed E-state index contributed by atoms with van der Waals surface area (Å²) in [5.41, 5.74) is 0. The predicted molar refractivity (Wildman–Crippen MR) is 395 cm³/mol. The van der Waals surface area contributed by atoms with Crippen LogP contribution in [0.2, 0.25) is 0 Å². The molecule has 0 amide bonds. The summed E-state index contributed by atoms with van der Waals surface area (Å²) in [5, 5.41) is 414. The lowest BCUT2D eigenvalue weighted by Crippen LogP contribution is -2.68. The molecule has 12 aliphatic rings. The van der Waals surface area contributed by atoms with Gasteiger partial charge in [-0.05, 0) is 0 Å². The molecule has 776 valence electrons. The number of aliphatic hydroxyl groups is 38. The zero-order valence-corrected chi connectivity index (χ0v) is 69.5. The van der Waals surface area contributed by atoms with Crippen molar-refractivity contribution in [1.82, 2.24) is 0 Å². The van der Waals surface area contributed by atoms with Crippen LogP contribution in [0.1, 0.15) is 0 Å². The Kier molecular flexibility index (Phi) is 39.0. The average Bonchev–Trinajstić information content (AvgIpc) is 0.771. The highest BCUT2D eigenvalue weighted by atomic mass is 16.8. The van der Waals surface area contributed by atoms with Gasteiger partial charge in [0.05, 0.1) is 79.3 Å². The molecule has 0 saturated carbocycles. The van der Waals surface area contributed by atoms with Crippen LogP contribution in [0.4, 0.5) is 0 Å². The first-order valence-electron chi connectivity index (χ1n) is 42.2. The second-order valence-corrected chi connectivity index (χ2v) is 33.6. The monoisotopic (exact) mass is 1960 g/mol. The van der Waals surface area contributed by atoms with E-state index in [-0.39, 0.29) is 0 Å². The lowest BCUT2D eigenvalue weighted by atomic mass is 9.95. The summed E-state index contributed by atoms with van der Waals surface area (Å²) in [4.78, 5) is 0. The maximum atomic E-state index is 12.0. The molecule has 12 fully saturated rings. The van der Waals surface area contributed by atoms with E-state index in [1.165, 1.54) is 0 Å². The van der Waals surface area contributed by atoms with Crippen molar-refractivity contribution >= 4 is 0 Å². The zero-order chi connectivity index (χ0) is 97.4. The van der Waals surface area contributed by atoms with Crippen molar-refractivity contribution in [2.45, 2.75) is 368 Å². The highest BCUT2D eigenvalue weighted by Gasteiger charge is 2.63. The summed E-state index contributed by atoms with van der Waals surface area (Å²) in [5.74, 6) is 0. The average molecular weight is 1960 g/mol. The van der Waals surface area contributed by atoms with Gasteiger partial charge in [0.1, 0.15) is 293 Å². The normalized spacial score (nSPS) is 53.8. The quantitative estimate of drug-likeness (QED) is 0.0284. The third-order valence-corrected chi connectivity index (χ3v) is 25.1. The number of aliphatic hydroxyl groups excluding tert-OH is 38. The van der Waals surface area contributed by atoms with Crippen LogP contribution in [0.15, 0.2) is 0 Å². The molecule has 12 saturated heterocycles. The van der Waals surface area contributed by atoms with E-state index in [2.05, 4.69) is 0 Å². The van der Waals surface area contributed by atoms with Crippen LogP contribution >= 0.6 is 0 Å². The number of ether oxygens (including phenoxy) is 23. The van der Waals surface area contributed by atoms with E-state index in [1.807, 2.05) is 0 Å². The van der Waals surface area contributed by atoms with Crippen LogP contribution in [0, 0.1) is 0 Å². The summed E-state index contributed by atoms with van der Waals surface area (Å²) < 4.78 is 130. The molecule has 0 bridgehead atoms. The molecule has 61 nitrogen and oxygen atoms in total. The molecule has 0 aromatic rings. The third-order valence-electron chi connectivity index (χ3n) is 25.1. The van der Waals surface area contributed by atoms with Gasteiger partial charge in [0.2, 0.25) is 0 Å². The van der Waals surface area contributed by atoms with Crippen molar-refractivity contribution in [1.29, 1.82) is 0 Å². The topological polar surface area (TPSA) is 981 Å². The van der Waals surface area contributed by atoms with Gasteiger partial charge in [0, 0.05) is 0 Å². The van der Waals surface area contributed by atoms with Crippen molar-refractivity contribution in [2.24, 2.45) is 0 Å². The maximum Gasteiger partial charge on any atom is 0.187 e. The van der Waals surface area contributed by atoms with Gasteiger partial charge in [0.25, 0.3) is 0 Å². The van der Waals surface area contributed by atoms with E-state index in [9.17, 15) is 194 Å². The Hall–Kier alpha value is -2.44. The van der Waals surface area contributed by atoms with Gasteiger partial charge < -0.3 is 303 Å². The molecule has 0 aromatic carbocycles. The molecule has 12 rings (SSSR count). The molecule has 12 aliphatic heterocycles. The molecule has 133 heavy (non-hydrogen) atoms. The summed E-state index contributed by atoms with van der Waals surface area (Å²) in [6, 6.07) is 0. The Morgan fingerprint density at radius 2 is 0.263 bits per heavy atom. The standard InChI is InChI=1S/C72H122O61/c73-1-13-25(84)27(86)40(99)63(113-13)125-53-17(5-77)116-66(43(102)31(53)90)128-55-19(7-79)118-65(45(104)33(55)92)127-52-16(4-76)115-62(42(101)30(52)89)111-12-24-60(38(97)50(109)72(123-24)124-51-15(3-75)112-61(110)39(98)29(51)88)133-71-49(108)37(96)59(23(11-83)122-71)132-70-48(107)36(95)58(22(10-82)121-70)131-69-47(106)35(94)57(21(9-81)120-69)130-68-46(105)34(93)56(20(8-80)119-68)129-67-44(103)32(91)54(18(6-78)117-67)126-64-41(100)28(87)26(85)14(2-74)114-64/h13-110H,1-12H2/t13?,14?,15?,16?,17?,18?,19?,20?,21?,22?,23?,24?,25-,26-,27+,28+,29-,30-,31-,32-,33-,34-,35-,36-,37-,38-,39?,40?,41?,42?,43?,44?,45?,46?,47?,48?,49?,50?,51-,52-,53-,54-,55-,56-,57-,58-,59-,60-,61-,62+,63-,64+,65-,66-,67+,68+,69+,70+,71+,72+/m1/s1. The molecule has 12 heterocycles. The first-order chi connectivity index (χ1) is 63.1. The number of rotatable bonds is 34. The molecule has 0 aromatic heterocycles. The van der Waals surface area contributed by atoms with Gasteiger partial charge in [-0.15, -0.1) is 0 Å². The minimum Gasteiger partial charge on any atom is -0.394 e. The lowest BCUT2D eigenvalue weighted by molar-refractivity contribution is -0.400. The highest BCUT2D eigenvalue weighted by Crippen LogP contribution is 2.42. The van der Waals surface area contributed by atoms with Crippen molar-refractivity contribution in [2.75, 3.05) is 79.3 Å². The molecule has 0 radical (unpaired) electrons. The Morgan fingerprint density at radius 3 is 0.451 bits per heavy atom. The SMILES string of the molecule is OCC1O[C@H](O[C@@H]2C(CO)O[C@H](O[C@@H]3C(CO)O[C@H](O[C@@H]4C(CO)O[C@H](OCC5O[C@@H](O[C@@H]6C(CO)O[C@@H](O)C(O)[C@H]6O)C(O)[C@@H](O)[C@@H]5O[C@@H]5OC(CO)[C@@H](O[C@@H]6OC(CO)[C@@H](O[C@@H]7OC(CO)[C@@H](O[C@@H]8OC(CO)[C@@H](O[C@@H]9OC(CO)[C@@H](O[C@@H]%10OC(CO)[C@@H](O)[C@H](O)C%10O)[C@H](O)C9O)[C@H](O)C8O)[C@H](O)C7O)[C@H](O)C6O)[C@H](O)C5O)C(O)[C@H]4O)C(O)[C@H]3O)C(O)[C@H]2O)C(O)[C@@H](O)[C@@H]1O. The molecular formula is C72H122O61. The Balaban J connectivity index is 0.664. The van der Waals surface area contributed by atoms with Gasteiger partial charge in [-0.3, -0.25) is 0 Å². The van der Waals surface area contributed by atoms with E-state index in [4.69, 9.17) is 109 Å². The van der Waals surface area contributed by atoms with Crippen molar-refractivity contribution in [3.05, 3.63) is 0 Å². The van der Waals surface area contributed by atoms with E-state index < -0.39 is 448 Å². The predicted octanol–water partition coefficient (Wildman–Crippen LogP) is -27.2. The molecule has 60 atom stereocenters. The first-order valence-corrected chi connectivity index (χ1v) is 42.2. The van der Waals surface area contributed by atoms with Gasteiger partial charge in [0.15, 0.2) is 75.5 Å². The molecule has 24 unspecified atom stereocenters. The lowest BCUT2D eigenvalue weighted by Gasteiger charge is -2.50. The van der Waals surface area contributed by atoms with Crippen LogP contribution < -0.4 is 0 Å². The Bertz CT molecular complexity index is 3440. The second-order valence-electron chi connectivity index (χ2n) is 33.6. The fourth-order valence-corrected chi connectivity index (χ4v) is 17.3. The van der Waals surface area contributed by atoms with Gasteiger partial charge >= 0.3 is 0 Å². The third kappa shape index (κ3) is 22.7.